The fourth-order valence-electron chi connectivity index (χ4n) is 4.15. The van der Waals surface area contributed by atoms with Crippen LogP contribution in [0.2, 0.25) is 0 Å². The van der Waals surface area contributed by atoms with Crippen LogP contribution in [0.3, 0.4) is 0 Å². The molecule has 0 N–H and O–H groups in total. The van der Waals surface area contributed by atoms with Gasteiger partial charge < -0.3 is 9.47 Å². The zero-order valence-corrected chi connectivity index (χ0v) is 19.8. The number of hydrogen-bond donors (Lipinski definition) is 0. The summed E-state index contributed by atoms with van der Waals surface area (Å²) in [6.07, 6.45) is 0. The molecule has 0 aliphatic rings. The lowest BCUT2D eigenvalue weighted by Crippen LogP contribution is -2.09. The second-order valence-corrected chi connectivity index (χ2v) is 8.84. The summed E-state index contributed by atoms with van der Waals surface area (Å²) >= 11 is 0. The molecule has 0 saturated carbocycles. The molecular formula is C31H24O4. The number of esters is 2. The summed E-state index contributed by atoms with van der Waals surface area (Å²) in [4.78, 5) is 25.4. The molecule has 5 aromatic carbocycles. The van der Waals surface area contributed by atoms with Gasteiger partial charge in [0.25, 0.3) is 0 Å². The van der Waals surface area contributed by atoms with E-state index in [1.807, 2.05) is 69.3 Å². The smallest absolute Gasteiger partial charge is 0.343 e. The van der Waals surface area contributed by atoms with Gasteiger partial charge in [0.05, 0.1) is 11.1 Å². The van der Waals surface area contributed by atoms with Crippen molar-refractivity contribution in [3.63, 3.8) is 0 Å². The first-order valence-electron chi connectivity index (χ1n) is 11.4. The Morgan fingerprint density at radius 2 is 1.03 bits per heavy atom. The Hall–Kier alpha value is -4.44. The predicted octanol–water partition coefficient (Wildman–Crippen LogP) is 7.36. The minimum absolute atomic E-state index is 0.416. The van der Waals surface area contributed by atoms with E-state index in [1.54, 1.807) is 36.4 Å². The van der Waals surface area contributed by atoms with E-state index in [-0.39, 0.29) is 0 Å². The Morgan fingerprint density at radius 3 is 1.71 bits per heavy atom. The molecule has 0 heterocycles. The molecular weight excluding hydrogens is 436 g/mol. The van der Waals surface area contributed by atoms with Crippen molar-refractivity contribution >= 4 is 33.5 Å². The topological polar surface area (TPSA) is 52.6 Å². The molecule has 4 nitrogen and oxygen atoms in total. The first kappa shape index (κ1) is 22.4. The van der Waals surface area contributed by atoms with Crippen molar-refractivity contribution in [2.45, 2.75) is 20.8 Å². The number of aryl methyl sites for hydroxylation is 3. The van der Waals surface area contributed by atoms with E-state index < -0.39 is 11.9 Å². The van der Waals surface area contributed by atoms with Crippen LogP contribution in [-0.2, 0) is 0 Å². The van der Waals surface area contributed by atoms with Gasteiger partial charge in [-0.3, -0.25) is 0 Å². The van der Waals surface area contributed by atoms with Crippen LogP contribution in [0.4, 0.5) is 0 Å². The molecule has 35 heavy (non-hydrogen) atoms. The molecule has 0 saturated heterocycles. The molecule has 0 atom stereocenters. The SMILES string of the molecule is Cc1ccc(OC(=O)c2ccc3cc(OC(=O)c4ccc5cc(C)ccc5c4)ccc3c2)c(C)c1. The van der Waals surface area contributed by atoms with Crippen LogP contribution in [0, 0.1) is 20.8 Å². The lowest BCUT2D eigenvalue weighted by molar-refractivity contribution is 0.0725. The van der Waals surface area contributed by atoms with Gasteiger partial charge in [-0.1, -0.05) is 59.7 Å². The summed E-state index contributed by atoms with van der Waals surface area (Å²) in [5.74, 6) is 0.158. The van der Waals surface area contributed by atoms with E-state index in [0.717, 1.165) is 32.7 Å². The van der Waals surface area contributed by atoms with E-state index >= 15 is 0 Å². The van der Waals surface area contributed by atoms with Crippen molar-refractivity contribution in [2.75, 3.05) is 0 Å². The van der Waals surface area contributed by atoms with Crippen LogP contribution in [0.5, 0.6) is 11.5 Å². The molecule has 0 aliphatic heterocycles. The van der Waals surface area contributed by atoms with Crippen molar-refractivity contribution in [2.24, 2.45) is 0 Å². The monoisotopic (exact) mass is 460 g/mol. The molecule has 0 aliphatic carbocycles. The Labute approximate surface area is 203 Å². The normalized spacial score (nSPS) is 10.9. The summed E-state index contributed by atoms with van der Waals surface area (Å²) in [6, 6.07) is 28.0. The lowest BCUT2D eigenvalue weighted by Gasteiger charge is -2.10. The second kappa shape index (κ2) is 9.07. The zero-order valence-electron chi connectivity index (χ0n) is 19.8. The van der Waals surface area contributed by atoms with Gasteiger partial charge >= 0.3 is 11.9 Å². The Bertz CT molecular complexity index is 1610. The molecule has 0 amide bonds. The van der Waals surface area contributed by atoms with Gasteiger partial charge in [-0.25, -0.2) is 9.59 Å². The highest BCUT2D eigenvalue weighted by Gasteiger charge is 2.13. The van der Waals surface area contributed by atoms with E-state index in [0.29, 0.717) is 22.6 Å². The van der Waals surface area contributed by atoms with Gasteiger partial charge in [0.2, 0.25) is 0 Å². The average Bonchev–Trinajstić information content (AvgIpc) is 2.85. The molecule has 4 heteroatoms. The minimum atomic E-state index is -0.416. The molecule has 0 radical (unpaired) electrons. The number of ether oxygens (including phenoxy) is 2. The summed E-state index contributed by atoms with van der Waals surface area (Å²) in [5, 5.41) is 3.77. The third-order valence-corrected chi connectivity index (χ3v) is 6.02. The van der Waals surface area contributed by atoms with Crippen molar-refractivity contribution in [3.8, 4) is 11.5 Å². The average molecular weight is 461 g/mol. The van der Waals surface area contributed by atoms with Crippen LogP contribution in [-0.4, -0.2) is 11.9 Å². The van der Waals surface area contributed by atoms with Gasteiger partial charge in [0, 0.05) is 0 Å². The Morgan fingerprint density at radius 1 is 0.514 bits per heavy atom. The highest BCUT2D eigenvalue weighted by molar-refractivity contribution is 5.98. The van der Waals surface area contributed by atoms with E-state index in [4.69, 9.17) is 9.47 Å². The van der Waals surface area contributed by atoms with Crippen LogP contribution < -0.4 is 9.47 Å². The fraction of sp³-hybridized carbons (Fsp3) is 0.0968. The molecule has 0 spiro atoms. The van der Waals surface area contributed by atoms with Crippen molar-refractivity contribution in [3.05, 3.63) is 119 Å². The number of carbonyl (C=O) groups is 2. The molecule has 172 valence electrons. The fourth-order valence-corrected chi connectivity index (χ4v) is 4.15. The van der Waals surface area contributed by atoms with E-state index in [1.165, 1.54) is 5.56 Å². The first-order valence-corrected chi connectivity index (χ1v) is 11.4. The highest BCUT2D eigenvalue weighted by Crippen LogP contribution is 2.25. The van der Waals surface area contributed by atoms with Crippen LogP contribution in [0.1, 0.15) is 37.4 Å². The minimum Gasteiger partial charge on any atom is -0.423 e. The highest BCUT2D eigenvalue weighted by atomic mass is 16.5. The first-order chi connectivity index (χ1) is 16.9. The van der Waals surface area contributed by atoms with Gasteiger partial charge in [-0.15, -0.1) is 0 Å². The van der Waals surface area contributed by atoms with E-state index in [2.05, 4.69) is 6.07 Å². The summed E-state index contributed by atoms with van der Waals surface area (Å²) in [7, 11) is 0. The maximum atomic E-state index is 12.7. The lowest BCUT2D eigenvalue weighted by atomic mass is 10.0. The van der Waals surface area contributed by atoms with Gasteiger partial charge in [-0.2, -0.15) is 0 Å². The second-order valence-electron chi connectivity index (χ2n) is 8.84. The third-order valence-electron chi connectivity index (χ3n) is 6.02. The van der Waals surface area contributed by atoms with E-state index in [9.17, 15) is 9.59 Å². The molecule has 5 rings (SSSR count). The number of carbonyl (C=O) groups excluding carboxylic acids is 2. The number of fused-ring (bicyclic) bond motifs is 2. The Balaban J connectivity index is 1.33. The molecule has 0 bridgehead atoms. The predicted molar refractivity (Wildman–Crippen MR) is 138 cm³/mol. The maximum Gasteiger partial charge on any atom is 0.343 e. The van der Waals surface area contributed by atoms with Crippen molar-refractivity contribution < 1.29 is 19.1 Å². The number of benzene rings is 5. The number of rotatable bonds is 4. The summed E-state index contributed by atoms with van der Waals surface area (Å²) in [5.41, 5.74) is 4.14. The Kier molecular flexibility index (Phi) is 5.79. The van der Waals surface area contributed by atoms with Crippen LogP contribution in [0.25, 0.3) is 21.5 Å². The number of hydrogen-bond acceptors (Lipinski definition) is 4. The standard InChI is InChI=1S/C31H24O4/c1-19-5-13-29(21(3)14-19)35-31(33)27-10-8-25-18-28(12-11-24(25)17-27)34-30(32)26-9-7-22-15-20(2)4-6-23(22)16-26/h4-18H,1-3H3. The summed E-state index contributed by atoms with van der Waals surface area (Å²) < 4.78 is 11.2. The van der Waals surface area contributed by atoms with Crippen LogP contribution >= 0.6 is 0 Å². The maximum absolute atomic E-state index is 12.7. The van der Waals surface area contributed by atoms with Crippen LogP contribution in [0.15, 0.2) is 91.0 Å². The van der Waals surface area contributed by atoms with Gasteiger partial charge in [0.15, 0.2) is 0 Å². The van der Waals surface area contributed by atoms with Gasteiger partial charge in [-0.05, 0) is 90.3 Å². The molecule has 5 aromatic rings. The largest absolute Gasteiger partial charge is 0.423 e. The summed E-state index contributed by atoms with van der Waals surface area (Å²) in [6.45, 7) is 5.95. The quantitative estimate of drug-likeness (QED) is 0.208. The van der Waals surface area contributed by atoms with Crippen molar-refractivity contribution in [1.29, 1.82) is 0 Å². The molecule has 0 fully saturated rings. The molecule has 0 aromatic heterocycles. The van der Waals surface area contributed by atoms with Gasteiger partial charge in [0.1, 0.15) is 11.5 Å². The third kappa shape index (κ3) is 4.78. The zero-order chi connectivity index (χ0) is 24.5. The molecule has 0 unspecified atom stereocenters. The van der Waals surface area contributed by atoms with Crippen molar-refractivity contribution in [1.82, 2.24) is 0 Å².